The van der Waals surface area contributed by atoms with E-state index in [0.29, 0.717) is 18.7 Å². The standard InChI is InChI=1S/C19H29N3O6S/c1-7-22(8-2)29(26,27)15-10-9-13(5)16(11-15)18(24)28-14(6)17(23)21-19(25)20-12(3)4/h9-12,14H,7-8H2,1-6H3,(H2,20,21,23,25)/t14-/m1/s1. The van der Waals surface area contributed by atoms with E-state index in [1.54, 1.807) is 34.6 Å². The van der Waals surface area contributed by atoms with Gasteiger partial charge in [0, 0.05) is 19.1 Å². The molecule has 0 saturated heterocycles. The number of carbonyl (C=O) groups is 3. The summed E-state index contributed by atoms with van der Waals surface area (Å²) < 4.78 is 31.8. The van der Waals surface area contributed by atoms with Gasteiger partial charge in [0.2, 0.25) is 10.0 Å². The van der Waals surface area contributed by atoms with E-state index in [9.17, 15) is 22.8 Å². The fourth-order valence-corrected chi connectivity index (χ4v) is 3.97. The topological polar surface area (TPSA) is 122 Å². The predicted molar refractivity (Wildman–Crippen MR) is 108 cm³/mol. The van der Waals surface area contributed by atoms with Gasteiger partial charge in [-0.2, -0.15) is 4.31 Å². The van der Waals surface area contributed by atoms with E-state index in [1.165, 1.54) is 29.4 Å². The SMILES string of the molecule is CCN(CC)S(=O)(=O)c1ccc(C)c(C(=O)O[C@H](C)C(=O)NC(=O)NC(C)C)c1. The minimum absolute atomic E-state index is 0.0320. The molecule has 1 rings (SSSR count). The second kappa shape index (κ2) is 10.4. The molecule has 2 N–H and O–H groups in total. The lowest BCUT2D eigenvalue weighted by Gasteiger charge is -2.19. The maximum Gasteiger partial charge on any atom is 0.339 e. The highest BCUT2D eigenvalue weighted by Gasteiger charge is 2.26. The van der Waals surface area contributed by atoms with Gasteiger partial charge in [-0.05, 0) is 45.4 Å². The van der Waals surface area contributed by atoms with Crippen LogP contribution in [0.15, 0.2) is 23.1 Å². The van der Waals surface area contributed by atoms with E-state index in [0.717, 1.165) is 0 Å². The van der Waals surface area contributed by atoms with Crippen LogP contribution in [0.3, 0.4) is 0 Å². The Hall–Kier alpha value is -2.46. The molecule has 0 aliphatic heterocycles. The largest absolute Gasteiger partial charge is 0.449 e. The quantitative estimate of drug-likeness (QED) is 0.610. The second-order valence-corrected chi connectivity index (χ2v) is 8.67. The fourth-order valence-electron chi connectivity index (χ4n) is 2.48. The van der Waals surface area contributed by atoms with Crippen LogP contribution < -0.4 is 10.6 Å². The Morgan fingerprint density at radius 1 is 1.10 bits per heavy atom. The van der Waals surface area contributed by atoms with Gasteiger partial charge in [0.15, 0.2) is 6.10 Å². The van der Waals surface area contributed by atoms with Gasteiger partial charge in [0.05, 0.1) is 10.5 Å². The van der Waals surface area contributed by atoms with Crippen LogP contribution in [0.5, 0.6) is 0 Å². The van der Waals surface area contributed by atoms with Gasteiger partial charge in [0.25, 0.3) is 5.91 Å². The van der Waals surface area contributed by atoms with Crippen LogP contribution in [0.2, 0.25) is 0 Å². The molecular weight excluding hydrogens is 398 g/mol. The first-order chi connectivity index (χ1) is 13.4. The van der Waals surface area contributed by atoms with Crippen molar-refractivity contribution in [2.45, 2.75) is 58.6 Å². The average Bonchev–Trinajstić information content (AvgIpc) is 2.61. The van der Waals surface area contributed by atoms with Crippen molar-refractivity contribution >= 4 is 27.9 Å². The molecular formula is C19H29N3O6S. The van der Waals surface area contributed by atoms with Crippen molar-refractivity contribution in [1.29, 1.82) is 0 Å². The normalized spacial score (nSPS) is 12.6. The molecule has 1 atom stereocenters. The molecule has 0 aliphatic rings. The second-order valence-electron chi connectivity index (χ2n) is 6.73. The first-order valence-electron chi connectivity index (χ1n) is 9.37. The number of rotatable bonds is 8. The van der Waals surface area contributed by atoms with E-state index in [4.69, 9.17) is 4.74 Å². The summed E-state index contributed by atoms with van der Waals surface area (Å²) in [6, 6.07) is 3.30. The highest BCUT2D eigenvalue weighted by atomic mass is 32.2. The van der Waals surface area contributed by atoms with Crippen molar-refractivity contribution in [3.05, 3.63) is 29.3 Å². The van der Waals surface area contributed by atoms with E-state index < -0.39 is 34.0 Å². The van der Waals surface area contributed by atoms with Gasteiger partial charge in [0.1, 0.15) is 0 Å². The number of nitrogens with zero attached hydrogens (tertiary/aromatic N) is 1. The number of imide groups is 1. The predicted octanol–water partition coefficient (Wildman–Crippen LogP) is 1.81. The lowest BCUT2D eigenvalue weighted by molar-refractivity contribution is -0.127. The van der Waals surface area contributed by atoms with Crippen LogP contribution in [0.1, 0.15) is 50.5 Å². The molecule has 0 bridgehead atoms. The molecule has 3 amide bonds. The molecule has 0 spiro atoms. The van der Waals surface area contributed by atoms with Gasteiger partial charge in [-0.15, -0.1) is 0 Å². The van der Waals surface area contributed by atoms with Gasteiger partial charge < -0.3 is 10.1 Å². The number of amides is 3. The number of urea groups is 1. The molecule has 0 aromatic heterocycles. The third kappa shape index (κ3) is 6.53. The number of sulfonamides is 1. The van der Waals surface area contributed by atoms with E-state index in [-0.39, 0.29) is 16.5 Å². The Kier molecular flexibility index (Phi) is 8.78. The molecule has 0 aliphatic carbocycles. The number of carbonyl (C=O) groups excluding carboxylic acids is 3. The summed E-state index contributed by atoms with van der Waals surface area (Å²) in [5.74, 6) is -1.65. The Morgan fingerprint density at radius 2 is 1.69 bits per heavy atom. The van der Waals surface area contributed by atoms with E-state index in [2.05, 4.69) is 10.6 Å². The molecule has 0 heterocycles. The van der Waals surface area contributed by atoms with Gasteiger partial charge in [-0.3, -0.25) is 10.1 Å². The van der Waals surface area contributed by atoms with Crippen LogP contribution in [0, 0.1) is 6.92 Å². The Balaban J connectivity index is 3.00. The molecule has 10 heteroatoms. The lowest BCUT2D eigenvalue weighted by atomic mass is 10.1. The summed E-state index contributed by atoms with van der Waals surface area (Å²) in [6.07, 6.45) is -1.25. The van der Waals surface area contributed by atoms with Gasteiger partial charge in [-0.1, -0.05) is 19.9 Å². The van der Waals surface area contributed by atoms with Gasteiger partial charge >= 0.3 is 12.0 Å². The first-order valence-corrected chi connectivity index (χ1v) is 10.8. The van der Waals surface area contributed by atoms with Crippen LogP contribution in [0.25, 0.3) is 0 Å². The van der Waals surface area contributed by atoms with Crippen molar-refractivity contribution in [2.24, 2.45) is 0 Å². The minimum Gasteiger partial charge on any atom is -0.449 e. The van der Waals surface area contributed by atoms with Crippen molar-refractivity contribution in [1.82, 2.24) is 14.9 Å². The number of nitrogens with one attached hydrogen (secondary N) is 2. The number of benzene rings is 1. The molecule has 0 saturated carbocycles. The number of ether oxygens (including phenoxy) is 1. The minimum atomic E-state index is -3.75. The highest BCUT2D eigenvalue weighted by molar-refractivity contribution is 7.89. The Morgan fingerprint density at radius 3 is 2.21 bits per heavy atom. The molecule has 9 nitrogen and oxygen atoms in total. The Labute approximate surface area is 171 Å². The summed E-state index contributed by atoms with van der Waals surface area (Å²) >= 11 is 0. The molecule has 29 heavy (non-hydrogen) atoms. The van der Waals surface area contributed by atoms with E-state index >= 15 is 0 Å². The molecule has 0 unspecified atom stereocenters. The highest BCUT2D eigenvalue weighted by Crippen LogP contribution is 2.20. The Bertz CT molecular complexity index is 863. The summed E-state index contributed by atoms with van der Waals surface area (Å²) in [5.41, 5.74) is 0.531. The zero-order chi connectivity index (χ0) is 22.4. The number of hydrogen-bond acceptors (Lipinski definition) is 6. The zero-order valence-corrected chi connectivity index (χ0v) is 18.4. The maximum absolute atomic E-state index is 12.7. The summed E-state index contributed by atoms with van der Waals surface area (Å²) in [4.78, 5) is 36.1. The van der Waals surface area contributed by atoms with Crippen LogP contribution in [-0.2, 0) is 19.6 Å². The lowest BCUT2D eigenvalue weighted by Crippen LogP contribution is -2.46. The number of hydrogen-bond donors (Lipinski definition) is 2. The van der Waals surface area contributed by atoms with Crippen molar-refractivity contribution in [3.63, 3.8) is 0 Å². The summed E-state index contributed by atoms with van der Waals surface area (Å²) in [6.45, 7) is 10.4. The molecule has 1 aromatic carbocycles. The average molecular weight is 428 g/mol. The molecule has 0 fully saturated rings. The van der Waals surface area contributed by atoms with Gasteiger partial charge in [-0.25, -0.2) is 18.0 Å². The third-order valence-corrected chi connectivity index (χ3v) is 6.13. The van der Waals surface area contributed by atoms with Crippen molar-refractivity contribution in [2.75, 3.05) is 13.1 Å². The smallest absolute Gasteiger partial charge is 0.339 e. The summed E-state index contributed by atoms with van der Waals surface area (Å²) in [5, 5.41) is 4.57. The molecule has 0 radical (unpaired) electrons. The van der Waals surface area contributed by atoms with E-state index in [1.807, 2.05) is 0 Å². The first kappa shape index (κ1) is 24.6. The number of aryl methyl sites for hydroxylation is 1. The summed E-state index contributed by atoms with van der Waals surface area (Å²) in [7, 11) is -3.75. The fraction of sp³-hybridized carbons (Fsp3) is 0.526. The monoisotopic (exact) mass is 427 g/mol. The molecule has 1 aromatic rings. The third-order valence-electron chi connectivity index (χ3n) is 4.08. The van der Waals surface area contributed by atoms with Crippen LogP contribution in [-0.4, -0.2) is 55.9 Å². The zero-order valence-electron chi connectivity index (χ0n) is 17.6. The van der Waals surface area contributed by atoms with Crippen molar-refractivity contribution in [3.8, 4) is 0 Å². The number of esters is 1. The van der Waals surface area contributed by atoms with Crippen molar-refractivity contribution < 1.29 is 27.5 Å². The molecule has 162 valence electrons. The van der Waals surface area contributed by atoms with Crippen LogP contribution in [0.4, 0.5) is 4.79 Å². The maximum atomic E-state index is 12.7. The van der Waals surface area contributed by atoms with Crippen LogP contribution >= 0.6 is 0 Å².